The summed E-state index contributed by atoms with van der Waals surface area (Å²) in [6.07, 6.45) is 1.15. The second-order valence-electron chi connectivity index (χ2n) is 3.60. The standard InChI is InChI=1S/C14H12F2N2/c15-14(16)18(13-9-5-2-6-10-13)11-17-12-7-3-1-4-8-12/h1-11,14H. The Morgan fingerprint density at radius 3 is 2.00 bits per heavy atom. The highest BCUT2D eigenvalue weighted by Crippen LogP contribution is 2.17. The Bertz CT molecular complexity index is 498. The first kappa shape index (κ1) is 12.2. The molecule has 2 aromatic rings. The molecule has 0 amide bonds. The van der Waals surface area contributed by atoms with Gasteiger partial charge in [-0.2, -0.15) is 8.78 Å². The predicted octanol–water partition coefficient (Wildman–Crippen LogP) is 4.08. The van der Waals surface area contributed by atoms with Gasteiger partial charge in [-0.25, -0.2) is 4.99 Å². The molecule has 0 unspecified atom stereocenters. The van der Waals surface area contributed by atoms with Crippen molar-refractivity contribution in [2.24, 2.45) is 4.99 Å². The first-order valence-corrected chi connectivity index (χ1v) is 5.48. The minimum atomic E-state index is -2.63. The molecule has 0 atom stereocenters. The van der Waals surface area contributed by atoms with Crippen LogP contribution in [0, 0.1) is 0 Å². The molecule has 4 heteroatoms. The fraction of sp³-hybridized carbons (Fsp3) is 0.0714. The number of nitrogens with zero attached hydrogens (tertiary/aromatic N) is 2. The van der Waals surface area contributed by atoms with E-state index in [-0.39, 0.29) is 0 Å². The van der Waals surface area contributed by atoms with E-state index >= 15 is 0 Å². The van der Waals surface area contributed by atoms with E-state index in [2.05, 4.69) is 4.99 Å². The Labute approximate surface area is 104 Å². The quantitative estimate of drug-likeness (QED) is 0.451. The molecule has 0 saturated heterocycles. The zero-order valence-corrected chi connectivity index (χ0v) is 9.58. The SMILES string of the molecule is FC(F)N(C=Nc1ccccc1)c1ccccc1. The Kier molecular flexibility index (Phi) is 4.02. The number of hydrogen-bond acceptors (Lipinski definition) is 1. The Balaban J connectivity index is 2.20. The fourth-order valence-electron chi connectivity index (χ4n) is 1.47. The smallest absolute Gasteiger partial charge is 0.275 e. The number of halogens is 2. The van der Waals surface area contributed by atoms with E-state index in [1.54, 1.807) is 42.5 Å². The summed E-state index contributed by atoms with van der Waals surface area (Å²) in [5.74, 6) is 0. The van der Waals surface area contributed by atoms with Gasteiger partial charge in [0.15, 0.2) is 0 Å². The van der Waals surface area contributed by atoms with Gasteiger partial charge < -0.3 is 0 Å². The third-order valence-electron chi connectivity index (χ3n) is 2.35. The van der Waals surface area contributed by atoms with Crippen LogP contribution in [0.15, 0.2) is 65.7 Å². The van der Waals surface area contributed by atoms with Gasteiger partial charge in [0.05, 0.1) is 5.69 Å². The maximum atomic E-state index is 12.9. The number of anilines is 1. The number of hydrogen-bond donors (Lipinski definition) is 0. The molecule has 92 valence electrons. The van der Waals surface area contributed by atoms with Crippen LogP contribution in [0.2, 0.25) is 0 Å². The molecule has 2 nitrogen and oxygen atoms in total. The van der Waals surface area contributed by atoms with Gasteiger partial charge in [-0.1, -0.05) is 36.4 Å². The van der Waals surface area contributed by atoms with E-state index in [1.165, 1.54) is 0 Å². The van der Waals surface area contributed by atoms with Gasteiger partial charge in [0.1, 0.15) is 6.34 Å². The Morgan fingerprint density at radius 1 is 0.889 bits per heavy atom. The summed E-state index contributed by atoms with van der Waals surface area (Å²) in [5.41, 5.74) is 1.05. The number of benzene rings is 2. The number of aliphatic imine (C=N–C) groups is 1. The zero-order chi connectivity index (χ0) is 12.8. The van der Waals surface area contributed by atoms with Crippen LogP contribution in [-0.2, 0) is 0 Å². The predicted molar refractivity (Wildman–Crippen MR) is 69.5 cm³/mol. The van der Waals surface area contributed by atoms with Gasteiger partial charge >= 0.3 is 6.55 Å². The molecule has 2 aromatic carbocycles. The second-order valence-corrected chi connectivity index (χ2v) is 3.60. The van der Waals surface area contributed by atoms with E-state index < -0.39 is 6.55 Å². The second kappa shape index (κ2) is 5.91. The Hall–Kier alpha value is -2.23. The van der Waals surface area contributed by atoms with Gasteiger partial charge in [0.2, 0.25) is 0 Å². The van der Waals surface area contributed by atoms with Crippen molar-refractivity contribution in [2.45, 2.75) is 6.55 Å². The summed E-state index contributed by atoms with van der Waals surface area (Å²) in [5, 5.41) is 0. The summed E-state index contributed by atoms with van der Waals surface area (Å²) < 4.78 is 25.8. The third kappa shape index (κ3) is 3.13. The van der Waals surface area contributed by atoms with Crippen LogP contribution in [0.3, 0.4) is 0 Å². The Morgan fingerprint density at radius 2 is 1.44 bits per heavy atom. The molecule has 0 aliphatic carbocycles. The molecule has 2 rings (SSSR count). The first-order chi connectivity index (χ1) is 8.77. The topological polar surface area (TPSA) is 15.6 Å². The number of para-hydroxylation sites is 2. The average Bonchev–Trinajstić information content (AvgIpc) is 2.41. The molecule has 0 aromatic heterocycles. The van der Waals surface area contributed by atoms with Crippen LogP contribution in [0.1, 0.15) is 0 Å². The van der Waals surface area contributed by atoms with Crippen molar-refractivity contribution in [3.63, 3.8) is 0 Å². The zero-order valence-electron chi connectivity index (χ0n) is 9.58. The summed E-state index contributed by atoms with van der Waals surface area (Å²) in [6.45, 7) is -2.63. The first-order valence-electron chi connectivity index (χ1n) is 5.48. The van der Waals surface area contributed by atoms with Crippen LogP contribution >= 0.6 is 0 Å². The van der Waals surface area contributed by atoms with Crippen molar-refractivity contribution in [3.8, 4) is 0 Å². The molecule has 0 bridgehead atoms. The number of alkyl halides is 2. The molecule has 0 fully saturated rings. The van der Waals surface area contributed by atoms with E-state index in [9.17, 15) is 8.78 Å². The largest absolute Gasteiger partial charge is 0.320 e. The van der Waals surface area contributed by atoms with Crippen molar-refractivity contribution in [2.75, 3.05) is 4.90 Å². The molecule has 0 aliphatic heterocycles. The lowest BCUT2D eigenvalue weighted by Gasteiger charge is -2.17. The van der Waals surface area contributed by atoms with E-state index in [0.717, 1.165) is 11.2 Å². The van der Waals surface area contributed by atoms with Gasteiger partial charge in [-0.15, -0.1) is 0 Å². The molecule has 0 aliphatic rings. The molecule has 0 spiro atoms. The lowest BCUT2D eigenvalue weighted by molar-refractivity contribution is 0.160. The highest BCUT2D eigenvalue weighted by molar-refractivity contribution is 5.81. The molecule has 0 radical (unpaired) electrons. The number of rotatable bonds is 4. The van der Waals surface area contributed by atoms with Crippen molar-refractivity contribution in [1.29, 1.82) is 0 Å². The summed E-state index contributed by atoms with van der Waals surface area (Å²) in [6, 6.07) is 17.4. The maximum Gasteiger partial charge on any atom is 0.320 e. The van der Waals surface area contributed by atoms with Crippen LogP contribution < -0.4 is 4.90 Å². The van der Waals surface area contributed by atoms with Crippen molar-refractivity contribution in [1.82, 2.24) is 0 Å². The lowest BCUT2D eigenvalue weighted by Crippen LogP contribution is -2.26. The van der Waals surface area contributed by atoms with Crippen LogP contribution in [0.25, 0.3) is 0 Å². The lowest BCUT2D eigenvalue weighted by atomic mass is 10.3. The minimum Gasteiger partial charge on any atom is -0.275 e. The highest BCUT2D eigenvalue weighted by Gasteiger charge is 2.13. The maximum absolute atomic E-state index is 12.9. The van der Waals surface area contributed by atoms with E-state index in [4.69, 9.17) is 0 Å². The van der Waals surface area contributed by atoms with Gasteiger partial charge in [-0.3, -0.25) is 4.90 Å². The monoisotopic (exact) mass is 246 g/mol. The summed E-state index contributed by atoms with van der Waals surface area (Å²) in [4.78, 5) is 4.85. The molecule has 0 N–H and O–H groups in total. The van der Waals surface area contributed by atoms with Crippen molar-refractivity contribution in [3.05, 3.63) is 60.7 Å². The highest BCUT2D eigenvalue weighted by atomic mass is 19.3. The van der Waals surface area contributed by atoms with Crippen LogP contribution in [-0.4, -0.2) is 12.9 Å². The summed E-state index contributed by atoms with van der Waals surface area (Å²) >= 11 is 0. The molecule has 18 heavy (non-hydrogen) atoms. The van der Waals surface area contributed by atoms with Gasteiger partial charge in [-0.05, 0) is 24.3 Å². The molecular formula is C14H12F2N2. The van der Waals surface area contributed by atoms with Crippen LogP contribution in [0.5, 0.6) is 0 Å². The normalized spacial score (nSPS) is 11.1. The van der Waals surface area contributed by atoms with Crippen LogP contribution in [0.4, 0.5) is 20.2 Å². The van der Waals surface area contributed by atoms with Gasteiger partial charge in [0.25, 0.3) is 0 Å². The summed E-state index contributed by atoms with van der Waals surface area (Å²) in [7, 11) is 0. The third-order valence-corrected chi connectivity index (χ3v) is 2.35. The molecular weight excluding hydrogens is 234 g/mol. The van der Waals surface area contributed by atoms with E-state index in [1.807, 2.05) is 18.2 Å². The van der Waals surface area contributed by atoms with Crippen molar-refractivity contribution >= 4 is 17.7 Å². The molecule has 0 heterocycles. The fourth-order valence-corrected chi connectivity index (χ4v) is 1.47. The van der Waals surface area contributed by atoms with Crippen molar-refractivity contribution < 1.29 is 8.78 Å². The minimum absolute atomic E-state index is 0.409. The van der Waals surface area contributed by atoms with Gasteiger partial charge in [0, 0.05) is 5.69 Å². The average molecular weight is 246 g/mol. The van der Waals surface area contributed by atoms with E-state index in [0.29, 0.717) is 11.4 Å². The molecule has 0 saturated carbocycles.